The number of hydrogen-bond acceptors (Lipinski definition) is 1. The van der Waals surface area contributed by atoms with E-state index in [9.17, 15) is 0 Å². The molecular weight excluding hydrogens is 290 g/mol. The van der Waals surface area contributed by atoms with E-state index in [1.165, 1.54) is 11.3 Å². The minimum absolute atomic E-state index is 0.0771. The first-order chi connectivity index (χ1) is 11.5. The normalized spacial score (nSPS) is 23.7. The third kappa shape index (κ3) is 2.60. The van der Waals surface area contributed by atoms with E-state index in [0.29, 0.717) is 5.92 Å². The summed E-state index contributed by atoms with van der Waals surface area (Å²) in [5.74, 6) is 0.408. The van der Waals surface area contributed by atoms with Crippen LogP contribution in [-0.4, -0.2) is 6.04 Å². The van der Waals surface area contributed by atoms with E-state index in [1.54, 1.807) is 6.08 Å². The van der Waals surface area contributed by atoms with Gasteiger partial charge in [-0.05, 0) is 23.3 Å². The van der Waals surface area contributed by atoms with Crippen molar-refractivity contribution in [1.82, 2.24) is 0 Å². The van der Waals surface area contributed by atoms with E-state index in [-0.39, 0.29) is 11.5 Å². The average Bonchev–Trinajstić information content (AvgIpc) is 2.60. The third-order valence-corrected chi connectivity index (χ3v) is 5.16. The molecule has 0 amide bonds. The fourth-order valence-electron chi connectivity index (χ4n) is 3.78. The lowest BCUT2D eigenvalue weighted by Gasteiger charge is -2.51. The number of nitrogens with zero attached hydrogens (tertiary/aromatic N) is 1. The van der Waals surface area contributed by atoms with Gasteiger partial charge in [0.1, 0.15) is 0 Å². The summed E-state index contributed by atoms with van der Waals surface area (Å²) in [7, 11) is 0. The molecule has 1 aliphatic heterocycles. The fraction of sp³-hybridized carbons (Fsp3) is 0.217. The van der Waals surface area contributed by atoms with Crippen LogP contribution in [0.15, 0.2) is 97.8 Å². The molecular formula is C23H25N. The van der Waals surface area contributed by atoms with Gasteiger partial charge in [-0.3, -0.25) is 0 Å². The van der Waals surface area contributed by atoms with Crippen LogP contribution in [-0.2, 0) is 5.41 Å². The molecule has 3 rings (SSSR count). The van der Waals surface area contributed by atoms with Crippen molar-refractivity contribution in [1.29, 1.82) is 0 Å². The van der Waals surface area contributed by atoms with Gasteiger partial charge >= 0.3 is 0 Å². The van der Waals surface area contributed by atoms with Crippen molar-refractivity contribution in [2.24, 2.45) is 5.92 Å². The molecule has 1 aliphatic carbocycles. The second kappa shape index (κ2) is 6.16. The van der Waals surface area contributed by atoms with Crippen LogP contribution in [0.5, 0.6) is 0 Å². The van der Waals surface area contributed by atoms with Crippen molar-refractivity contribution in [3.8, 4) is 0 Å². The molecule has 122 valence electrons. The number of benzene rings is 1. The molecule has 0 saturated carbocycles. The molecule has 0 fully saturated rings. The Hall–Kier alpha value is -2.54. The first-order valence-electron chi connectivity index (χ1n) is 8.39. The van der Waals surface area contributed by atoms with Gasteiger partial charge in [0.05, 0.1) is 6.04 Å². The summed E-state index contributed by atoms with van der Waals surface area (Å²) in [5, 5.41) is 0. The first kappa shape index (κ1) is 16.3. The zero-order valence-corrected chi connectivity index (χ0v) is 14.6. The van der Waals surface area contributed by atoms with Gasteiger partial charge in [0.25, 0.3) is 0 Å². The molecule has 2 unspecified atom stereocenters. The van der Waals surface area contributed by atoms with E-state index in [4.69, 9.17) is 0 Å². The molecule has 24 heavy (non-hydrogen) atoms. The summed E-state index contributed by atoms with van der Waals surface area (Å²) in [6.45, 7) is 16.7. The maximum absolute atomic E-state index is 4.33. The predicted octanol–water partition coefficient (Wildman–Crippen LogP) is 5.71. The van der Waals surface area contributed by atoms with Crippen LogP contribution in [0.2, 0.25) is 0 Å². The summed E-state index contributed by atoms with van der Waals surface area (Å²) in [5.41, 5.74) is 4.53. The topological polar surface area (TPSA) is 3.24 Å². The summed E-state index contributed by atoms with van der Waals surface area (Å²) in [4.78, 5) is 2.35. The van der Waals surface area contributed by atoms with Crippen molar-refractivity contribution in [2.75, 3.05) is 4.90 Å². The molecule has 2 aliphatic rings. The third-order valence-electron chi connectivity index (χ3n) is 5.16. The SMILES string of the molecule is C=CC(=C)/C=C\C(=C)N1c2ccccc2C(C)(C)C2C=CC=CC21. The molecule has 2 atom stereocenters. The molecule has 1 aromatic rings. The Morgan fingerprint density at radius 1 is 1.08 bits per heavy atom. The molecule has 0 aromatic heterocycles. The van der Waals surface area contributed by atoms with Gasteiger partial charge in [-0.1, -0.05) is 88.2 Å². The molecule has 1 aromatic carbocycles. The van der Waals surface area contributed by atoms with Crippen molar-refractivity contribution in [3.05, 3.63) is 103 Å². The minimum Gasteiger partial charge on any atom is -0.334 e. The van der Waals surface area contributed by atoms with E-state index in [2.05, 4.69) is 87.1 Å². The second-order valence-corrected chi connectivity index (χ2v) is 7.00. The number of hydrogen-bond donors (Lipinski definition) is 0. The van der Waals surface area contributed by atoms with Gasteiger partial charge in [-0.25, -0.2) is 0 Å². The standard InChI is InChI=1S/C23H25N/c1-6-17(2)15-16-18(3)24-21-13-9-7-11-19(21)23(4,5)20-12-8-10-14-22(20)24/h6-16,19,21H,1-3H2,4-5H3/b16-15-. The summed E-state index contributed by atoms with van der Waals surface area (Å²) in [6, 6.07) is 8.93. The zero-order chi connectivity index (χ0) is 17.3. The molecule has 0 saturated heterocycles. The van der Waals surface area contributed by atoms with E-state index >= 15 is 0 Å². The lowest BCUT2D eigenvalue weighted by molar-refractivity contribution is 0.329. The first-order valence-corrected chi connectivity index (χ1v) is 8.39. The Kier molecular flexibility index (Phi) is 4.19. The van der Waals surface area contributed by atoms with Gasteiger partial charge in [-0.2, -0.15) is 0 Å². The Balaban J connectivity index is 2.10. The smallest absolute Gasteiger partial charge is 0.0596 e. The highest BCUT2D eigenvalue weighted by Crippen LogP contribution is 2.49. The van der Waals surface area contributed by atoms with Crippen LogP contribution in [0.25, 0.3) is 0 Å². The van der Waals surface area contributed by atoms with Crippen LogP contribution in [0.4, 0.5) is 5.69 Å². The van der Waals surface area contributed by atoms with Crippen LogP contribution >= 0.6 is 0 Å². The van der Waals surface area contributed by atoms with Crippen LogP contribution < -0.4 is 4.90 Å². The Bertz CT molecular complexity index is 773. The molecule has 0 bridgehead atoms. The van der Waals surface area contributed by atoms with Gasteiger partial charge in [0.15, 0.2) is 0 Å². The monoisotopic (exact) mass is 315 g/mol. The van der Waals surface area contributed by atoms with E-state index in [0.717, 1.165) is 11.3 Å². The van der Waals surface area contributed by atoms with Crippen molar-refractivity contribution >= 4 is 5.69 Å². The van der Waals surface area contributed by atoms with Crippen LogP contribution in [0.3, 0.4) is 0 Å². The highest BCUT2D eigenvalue weighted by atomic mass is 15.2. The maximum Gasteiger partial charge on any atom is 0.0596 e. The quantitative estimate of drug-likeness (QED) is 0.643. The van der Waals surface area contributed by atoms with Gasteiger partial charge in [-0.15, -0.1) is 0 Å². The minimum atomic E-state index is 0.0771. The van der Waals surface area contributed by atoms with E-state index in [1.807, 2.05) is 12.2 Å². The highest BCUT2D eigenvalue weighted by molar-refractivity contribution is 5.67. The number of allylic oxidation sites excluding steroid dienone is 6. The number of anilines is 1. The summed E-state index contributed by atoms with van der Waals surface area (Å²) < 4.78 is 0. The van der Waals surface area contributed by atoms with Gasteiger partial charge < -0.3 is 4.90 Å². The van der Waals surface area contributed by atoms with Crippen LogP contribution in [0.1, 0.15) is 19.4 Å². The summed E-state index contributed by atoms with van der Waals surface area (Å²) in [6.07, 6.45) is 14.7. The van der Waals surface area contributed by atoms with E-state index < -0.39 is 0 Å². The average molecular weight is 315 g/mol. The summed E-state index contributed by atoms with van der Waals surface area (Å²) >= 11 is 0. The Morgan fingerprint density at radius 2 is 1.79 bits per heavy atom. The number of para-hydroxylation sites is 1. The molecule has 0 spiro atoms. The lowest BCUT2D eigenvalue weighted by Crippen LogP contribution is -2.51. The largest absolute Gasteiger partial charge is 0.334 e. The highest BCUT2D eigenvalue weighted by Gasteiger charge is 2.44. The fourth-order valence-corrected chi connectivity index (χ4v) is 3.78. The lowest BCUT2D eigenvalue weighted by atomic mass is 9.65. The molecule has 1 nitrogen and oxygen atoms in total. The molecule has 1 heterocycles. The predicted molar refractivity (Wildman–Crippen MR) is 105 cm³/mol. The number of rotatable bonds is 4. The Morgan fingerprint density at radius 3 is 2.54 bits per heavy atom. The van der Waals surface area contributed by atoms with Crippen molar-refractivity contribution in [3.63, 3.8) is 0 Å². The Labute approximate surface area is 145 Å². The molecule has 1 heteroatoms. The van der Waals surface area contributed by atoms with Crippen molar-refractivity contribution in [2.45, 2.75) is 25.3 Å². The van der Waals surface area contributed by atoms with Gasteiger partial charge in [0.2, 0.25) is 0 Å². The second-order valence-electron chi connectivity index (χ2n) is 7.00. The maximum atomic E-state index is 4.33. The number of fused-ring (bicyclic) bond motifs is 2. The van der Waals surface area contributed by atoms with Crippen molar-refractivity contribution < 1.29 is 0 Å². The molecule has 0 N–H and O–H groups in total. The van der Waals surface area contributed by atoms with Gasteiger partial charge in [0, 0.05) is 22.7 Å². The van der Waals surface area contributed by atoms with Crippen LogP contribution in [0, 0.1) is 5.92 Å². The molecule has 0 radical (unpaired) electrons. The zero-order valence-electron chi connectivity index (χ0n) is 14.6.